The lowest BCUT2D eigenvalue weighted by atomic mass is 10.1. The van der Waals surface area contributed by atoms with Crippen LogP contribution in [0.3, 0.4) is 0 Å². The lowest BCUT2D eigenvalue weighted by Crippen LogP contribution is -2.34. The highest BCUT2D eigenvalue weighted by atomic mass is 16.5. The molecule has 0 unspecified atom stereocenters. The minimum Gasteiger partial charge on any atom is -0.496 e. The van der Waals surface area contributed by atoms with Crippen LogP contribution in [0.5, 0.6) is 11.5 Å². The van der Waals surface area contributed by atoms with E-state index in [1.165, 1.54) is 0 Å². The van der Waals surface area contributed by atoms with Crippen molar-refractivity contribution in [1.82, 2.24) is 20.2 Å². The number of rotatable bonds is 12. The van der Waals surface area contributed by atoms with Crippen molar-refractivity contribution >= 4 is 5.91 Å². The Hall–Kier alpha value is -4.00. The van der Waals surface area contributed by atoms with Gasteiger partial charge in [0.1, 0.15) is 29.5 Å². The molecule has 1 aliphatic rings. The predicted octanol–water partition coefficient (Wildman–Crippen LogP) is 4.24. The topological polar surface area (TPSA) is 110 Å². The van der Waals surface area contributed by atoms with Crippen molar-refractivity contribution in [3.63, 3.8) is 0 Å². The van der Waals surface area contributed by atoms with E-state index >= 15 is 0 Å². The van der Waals surface area contributed by atoms with Crippen LogP contribution in [0.15, 0.2) is 48.7 Å². The van der Waals surface area contributed by atoms with Crippen LogP contribution in [0, 0.1) is 11.3 Å². The molecule has 0 radical (unpaired) electrons. The molecule has 1 aromatic heterocycles. The normalized spacial score (nSPS) is 13.6. The number of nitrogens with one attached hydrogen (secondary N) is 1. The lowest BCUT2D eigenvalue weighted by Gasteiger charge is -2.23. The van der Waals surface area contributed by atoms with Gasteiger partial charge < -0.3 is 24.4 Å². The van der Waals surface area contributed by atoms with Crippen molar-refractivity contribution in [1.29, 1.82) is 5.26 Å². The fourth-order valence-electron chi connectivity index (χ4n) is 4.68. The van der Waals surface area contributed by atoms with E-state index in [0.29, 0.717) is 54.6 Å². The SMILES string of the molecule is CCN(CC)CCNC(=O)c1ccc(Cc2nccc(-c3ccc(OC4CCOCC4)c(C#N)c3)n2)cc1OC. The van der Waals surface area contributed by atoms with Crippen LogP contribution in [-0.2, 0) is 11.2 Å². The number of carbonyl (C=O) groups is 1. The second-order valence-electron chi connectivity index (χ2n) is 9.60. The van der Waals surface area contributed by atoms with Gasteiger partial charge in [-0.05, 0) is 55.1 Å². The van der Waals surface area contributed by atoms with E-state index in [2.05, 4.69) is 35.1 Å². The van der Waals surface area contributed by atoms with E-state index in [1.54, 1.807) is 25.4 Å². The molecule has 3 aromatic rings. The minimum absolute atomic E-state index is 0.0549. The van der Waals surface area contributed by atoms with Crippen LogP contribution in [-0.4, -0.2) is 73.4 Å². The average Bonchev–Trinajstić information content (AvgIpc) is 3.00. The Morgan fingerprint density at radius 2 is 1.93 bits per heavy atom. The first kappa shape index (κ1) is 29.0. The summed E-state index contributed by atoms with van der Waals surface area (Å²) in [5.74, 6) is 1.55. The number of nitrogens with zero attached hydrogens (tertiary/aromatic N) is 4. The second-order valence-corrected chi connectivity index (χ2v) is 9.60. The third-order valence-electron chi connectivity index (χ3n) is 7.04. The number of nitriles is 1. The van der Waals surface area contributed by atoms with E-state index in [4.69, 9.17) is 19.2 Å². The lowest BCUT2D eigenvalue weighted by molar-refractivity contribution is 0.0254. The first-order valence-electron chi connectivity index (χ1n) is 13.8. The van der Waals surface area contributed by atoms with Gasteiger partial charge in [-0.1, -0.05) is 19.9 Å². The Bertz CT molecular complexity index is 1330. The molecule has 2 heterocycles. The molecule has 0 saturated carbocycles. The monoisotopic (exact) mass is 543 g/mol. The van der Waals surface area contributed by atoms with Crippen molar-refractivity contribution in [3.05, 3.63) is 71.2 Å². The summed E-state index contributed by atoms with van der Waals surface area (Å²) >= 11 is 0. The van der Waals surface area contributed by atoms with E-state index in [1.807, 2.05) is 30.3 Å². The van der Waals surface area contributed by atoms with Gasteiger partial charge in [0.05, 0.1) is 37.1 Å². The Labute approximate surface area is 236 Å². The standard InChI is InChI=1S/C31H37N5O4/c1-4-36(5-2)15-14-34-31(37)26-8-6-22(18-29(26)38-3)19-30-33-13-10-27(35-30)23-7-9-28(24(20-23)21-32)40-25-11-16-39-17-12-25/h6-10,13,18,20,25H,4-5,11-12,14-17,19H2,1-3H3,(H,34,37). The number of amides is 1. The summed E-state index contributed by atoms with van der Waals surface area (Å²) in [5.41, 5.74) is 3.42. The summed E-state index contributed by atoms with van der Waals surface area (Å²) in [6.45, 7) is 8.83. The molecule has 1 fully saturated rings. The summed E-state index contributed by atoms with van der Waals surface area (Å²) in [6.07, 6.45) is 3.86. The molecule has 9 nitrogen and oxygen atoms in total. The number of methoxy groups -OCH3 is 1. The van der Waals surface area contributed by atoms with Gasteiger partial charge in [-0.25, -0.2) is 9.97 Å². The summed E-state index contributed by atoms with van der Waals surface area (Å²) < 4.78 is 17.0. The fourth-order valence-corrected chi connectivity index (χ4v) is 4.68. The Morgan fingerprint density at radius 3 is 2.65 bits per heavy atom. The molecular formula is C31H37N5O4. The van der Waals surface area contributed by atoms with E-state index < -0.39 is 0 Å². The quantitative estimate of drug-likeness (QED) is 0.361. The highest BCUT2D eigenvalue weighted by Crippen LogP contribution is 2.28. The first-order chi connectivity index (χ1) is 19.5. The fraction of sp³-hybridized carbons (Fsp3) is 0.419. The highest BCUT2D eigenvalue weighted by molar-refractivity contribution is 5.97. The summed E-state index contributed by atoms with van der Waals surface area (Å²) in [5, 5.41) is 12.7. The second kappa shape index (κ2) is 14.4. The molecule has 0 aliphatic carbocycles. The molecule has 1 amide bonds. The van der Waals surface area contributed by atoms with Gasteiger partial charge in [0.25, 0.3) is 5.91 Å². The zero-order chi connectivity index (χ0) is 28.3. The molecule has 1 aliphatic heterocycles. The van der Waals surface area contributed by atoms with Gasteiger partial charge >= 0.3 is 0 Å². The maximum atomic E-state index is 12.8. The molecule has 4 rings (SSSR count). The molecule has 1 N–H and O–H groups in total. The van der Waals surface area contributed by atoms with Gasteiger partial charge in [0.15, 0.2) is 0 Å². The number of aromatic nitrogens is 2. The van der Waals surface area contributed by atoms with Crippen molar-refractivity contribution in [2.45, 2.75) is 39.2 Å². The zero-order valence-electron chi connectivity index (χ0n) is 23.5. The van der Waals surface area contributed by atoms with Crippen molar-refractivity contribution in [2.75, 3.05) is 46.5 Å². The zero-order valence-corrected chi connectivity index (χ0v) is 23.5. The van der Waals surface area contributed by atoms with Crippen LogP contribution < -0.4 is 14.8 Å². The summed E-state index contributed by atoms with van der Waals surface area (Å²) in [7, 11) is 1.56. The van der Waals surface area contributed by atoms with Crippen molar-refractivity contribution in [2.24, 2.45) is 0 Å². The minimum atomic E-state index is -0.161. The number of benzene rings is 2. The number of hydrogen-bond acceptors (Lipinski definition) is 8. The molecule has 9 heteroatoms. The molecule has 40 heavy (non-hydrogen) atoms. The molecular weight excluding hydrogens is 506 g/mol. The first-order valence-corrected chi connectivity index (χ1v) is 13.8. The summed E-state index contributed by atoms with van der Waals surface area (Å²) in [4.78, 5) is 24.2. The molecule has 2 aromatic carbocycles. The van der Waals surface area contributed by atoms with Gasteiger partial charge in [0.2, 0.25) is 0 Å². The third-order valence-corrected chi connectivity index (χ3v) is 7.04. The van der Waals surface area contributed by atoms with Crippen LogP contribution in [0.4, 0.5) is 0 Å². The number of likely N-dealkylation sites (N-methyl/N-ethyl adjacent to an activating group) is 1. The van der Waals surface area contributed by atoms with Crippen molar-refractivity contribution < 1.29 is 19.0 Å². The Kier molecular flexibility index (Phi) is 10.4. The maximum Gasteiger partial charge on any atom is 0.255 e. The third kappa shape index (κ3) is 7.56. The van der Waals surface area contributed by atoms with Gasteiger partial charge in [-0.3, -0.25) is 4.79 Å². The molecule has 210 valence electrons. The number of hydrogen-bond donors (Lipinski definition) is 1. The van der Waals surface area contributed by atoms with Crippen molar-refractivity contribution in [3.8, 4) is 28.8 Å². The highest BCUT2D eigenvalue weighted by Gasteiger charge is 2.18. The van der Waals surface area contributed by atoms with E-state index in [-0.39, 0.29) is 12.0 Å². The largest absolute Gasteiger partial charge is 0.496 e. The van der Waals surface area contributed by atoms with Gasteiger partial charge in [-0.15, -0.1) is 0 Å². The van der Waals surface area contributed by atoms with E-state index in [9.17, 15) is 10.1 Å². The molecule has 0 spiro atoms. The van der Waals surface area contributed by atoms with Gasteiger partial charge in [0, 0.05) is 44.1 Å². The molecule has 0 atom stereocenters. The van der Waals surface area contributed by atoms with Crippen LogP contribution in [0.2, 0.25) is 0 Å². The predicted molar refractivity (Wildman–Crippen MR) is 153 cm³/mol. The Balaban J connectivity index is 1.45. The van der Waals surface area contributed by atoms with Gasteiger partial charge in [-0.2, -0.15) is 5.26 Å². The Morgan fingerprint density at radius 1 is 1.12 bits per heavy atom. The molecule has 1 saturated heterocycles. The maximum absolute atomic E-state index is 12.8. The number of ether oxygens (including phenoxy) is 3. The smallest absolute Gasteiger partial charge is 0.255 e. The molecule has 0 bridgehead atoms. The van der Waals surface area contributed by atoms with Crippen LogP contribution >= 0.6 is 0 Å². The summed E-state index contributed by atoms with van der Waals surface area (Å²) in [6, 6.07) is 15.2. The van der Waals surface area contributed by atoms with Crippen LogP contribution in [0.25, 0.3) is 11.3 Å². The average molecular weight is 544 g/mol. The van der Waals surface area contributed by atoms with Crippen LogP contribution in [0.1, 0.15) is 54.0 Å². The number of carbonyl (C=O) groups excluding carboxylic acids is 1. The van der Waals surface area contributed by atoms with E-state index in [0.717, 1.165) is 49.3 Å².